The number of nitrogens with zero attached hydrogens (tertiary/aromatic N) is 6. The Morgan fingerprint density at radius 1 is 1.13 bits per heavy atom. The minimum atomic E-state index is -0.144. The number of hydrogen-bond acceptors (Lipinski definition) is 5. The van der Waals surface area contributed by atoms with E-state index < -0.39 is 0 Å². The molecular formula is C16H16N6O. The Kier molecular flexibility index (Phi) is 4.37. The quantitative estimate of drug-likeness (QED) is 0.717. The van der Waals surface area contributed by atoms with Crippen molar-refractivity contribution in [3.05, 3.63) is 66.4 Å². The molecule has 0 aliphatic carbocycles. The van der Waals surface area contributed by atoms with Gasteiger partial charge in [0.15, 0.2) is 11.5 Å². The Morgan fingerprint density at radius 3 is 2.57 bits per heavy atom. The Labute approximate surface area is 133 Å². The van der Waals surface area contributed by atoms with E-state index in [1.54, 1.807) is 17.0 Å². The minimum Gasteiger partial charge on any atom is -0.333 e. The van der Waals surface area contributed by atoms with E-state index in [-0.39, 0.29) is 5.91 Å². The van der Waals surface area contributed by atoms with Crippen LogP contribution in [0.2, 0.25) is 0 Å². The highest BCUT2D eigenvalue weighted by Crippen LogP contribution is 2.09. The highest BCUT2D eigenvalue weighted by atomic mass is 16.2. The summed E-state index contributed by atoms with van der Waals surface area (Å²) in [6.45, 7) is 3.08. The monoisotopic (exact) mass is 308 g/mol. The number of carbonyl (C=O) groups is 1. The predicted octanol–water partition coefficient (Wildman–Crippen LogP) is 1.72. The minimum absolute atomic E-state index is 0.144. The van der Waals surface area contributed by atoms with Crippen LogP contribution in [0, 0.1) is 0 Å². The summed E-state index contributed by atoms with van der Waals surface area (Å²) in [5.41, 5.74) is 1.39. The number of hydrogen-bond donors (Lipinski definition) is 0. The zero-order valence-corrected chi connectivity index (χ0v) is 12.7. The van der Waals surface area contributed by atoms with Crippen LogP contribution in [0.4, 0.5) is 0 Å². The number of amides is 1. The third kappa shape index (κ3) is 3.39. The maximum Gasteiger partial charge on any atom is 0.274 e. The summed E-state index contributed by atoms with van der Waals surface area (Å²) in [7, 11) is 0. The fourth-order valence-electron chi connectivity index (χ4n) is 2.18. The Hall–Kier alpha value is -3.09. The highest BCUT2D eigenvalue weighted by molar-refractivity contribution is 5.92. The van der Waals surface area contributed by atoms with Crippen molar-refractivity contribution in [3.8, 4) is 5.82 Å². The molecule has 2 aromatic heterocycles. The zero-order valence-electron chi connectivity index (χ0n) is 12.7. The van der Waals surface area contributed by atoms with E-state index in [1.165, 1.54) is 17.3 Å². The van der Waals surface area contributed by atoms with Crippen LogP contribution >= 0.6 is 0 Å². The summed E-state index contributed by atoms with van der Waals surface area (Å²) < 4.78 is 1.49. The van der Waals surface area contributed by atoms with Gasteiger partial charge in [0.1, 0.15) is 12.7 Å². The predicted molar refractivity (Wildman–Crippen MR) is 83.8 cm³/mol. The maximum atomic E-state index is 12.6. The Morgan fingerprint density at radius 2 is 1.96 bits per heavy atom. The van der Waals surface area contributed by atoms with Gasteiger partial charge in [-0.25, -0.2) is 9.67 Å². The first-order valence-corrected chi connectivity index (χ1v) is 7.30. The van der Waals surface area contributed by atoms with Gasteiger partial charge in [0.25, 0.3) is 5.91 Å². The van der Waals surface area contributed by atoms with Crippen molar-refractivity contribution in [2.24, 2.45) is 0 Å². The lowest BCUT2D eigenvalue weighted by atomic mass is 10.2. The number of aromatic nitrogens is 5. The van der Waals surface area contributed by atoms with Gasteiger partial charge in [0.05, 0.1) is 0 Å². The van der Waals surface area contributed by atoms with Gasteiger partial charge in [0.2, 0.25) is 0 Å². The zero-order chi connectivity index (χ0) is 16.1. The molecule has 0 unspecified atom stereocenters. The van der Waals surface area contributed by atoms with Gasteiger partial charge in [-0.3, -0.25) is 4.79 Å². The van der Waals surface area contributed by atoms with Crippen molar-refractivity contribution in [1.82, 2.24) is 29.9 Å². The molecule has 3 rings (SSSR count). The first kappa shape index (κ1) is 14.8. The average molecular weight is 308 g/mol. The second kappa shape index (κ2) is 6.78. The van der Waals surface area contributed by atoms with Crippen molar-refractivity contribution < 1.29 is 4.79 Å². The molecule has 0 atom stereocenters. The lowest BCUT2D eigenvalue weighted by Gasteiger charge is -2.20. The standard InChI is InChI=1S/C16H16N6O/c1-2-21(10-13-6-4-3-5-7-13)16(23)14-8-9-15(20-19-14)22-12-17-11-18-22/h3-9,11-12H,2,10H2,1H3. The molecule has 0 aliphatic heterocycles. The average Bonchev–Trinajstić information content (AvgIpc) is 3.15. The molecule has 0 radical (unpaired) electrons. The van der Waals surface area contributed by atoms with Crippen LogP contribution in [0.3, 0.4) is 0 Å². The molecule has 1 amide bonds. The molecule has 0 fully saturated rings. The van der Waals surface area contributed by atoms with Gasteiger partial charge in [-0.1, -0.05) is 30.3 Å². The summed E-state index contributed by atoms with van der Waals surface area (Å²) in [5, 5.41) is 12.0. The summed E-state index contributed by atoms with van der Waals surface area (Å²) in [6, 6.07) is 13.2. The van der Waals surface area contributed by atoms with Crippen molar-refractivity contribution in [1.29, 1.82) is 0 Å². The highest BCUT2D eigenvalue weighted by Gasteiger charge is 2.16. The summed E-state index contributed by atoms with van der Waals surface area (Å²) >= 11 is 0. The van der Waals surface area contributed by atoms with Crippen LogP contribution in [-0.2, 0) is 6.54 Å². The van der Waals surface area contributed by atoms with Crippen LogP contribution in [-0.4, -0.2) is 42.3 Å². The molecule has 7 heteroatoms. The first-order chi connectivity index (χ1) is 11.3. The van der Waals surface area contributed by atoms with Crippen LogP contribution in [0.25, 0.3) is 5.82 Å². The lowest BCUT2D eigenvalue weighted by molar-refractivity contribution is 0.0745. The molecule has 23 heavy (non-hydrogen) atoms. The van der Waals surface area contributed by atoms with Crippen LogP contribution in [0.1, 0.15) is 23.0 Å². The second-order valence-corrected chi connectivity index (χ2v) is 4.92. The second-order valence-electron chi connectivity index (χ2n) is 4.92. The van der Waals surface area contributed by atoms with Crippen LogP contribution in [0.15, 0.2) is 55.1 Å². The molecule has 116 valence electrons. The summed E-state index contributed by atoms with van der Waals surface area (Å²) in [4.78, 5) is 18.2. The first-order valence-electron chi connectivity index (χ1n) is 7.30. The molecule has 0 bridgehead atoms. The van der Waals surface area contributed by atoms with Gasteiger partial charge in [-0.2, -0.15) is 5.10 Å². The molecule has 0 N–H and O–H groups in total. The summed E-state index contributed by atoms with van der Waals surface area (Å²) in [5.74, 6) is 0.374. The van der Waals surface area contributed by atoms with Crippen LogP contribution < -0.4 is 0 Å². The molecule has 3 aromatic rings. The lowest BCUT2D eigenvalue weighted by Crippen LogP contribution is -2.31. The van der Waals surface area contributed by atoms with E-state index in [0.29, 0.717) is 24.6 Å². The van der Waals surface area contributed by atoms with Gasteiger partial charge >= 0.3 is 0 Å². The van der Waals surface area contributed by atoms with E-state index in [1.807, 2.05) is 37.3 Å². The van der Waals surface area contributed by atoms with Crippen molar-refractivity contribution in [2.75, 3.05) is 6.54 Å². The molecule has 0 spiro atoms. The van der Waals surface area contributed by atoms with Crippen molar-refractivity contribution >= 4 is 5.91 Å². The smallest absolute Gasteiger partial charge is 0.274 e. The third-order valence-electron chi connectivity index (χ3n) is 3.41. The number of carbonyl (C=O) groups excluding carboxylic acids is 1. The van der Waals surface area contributed by atoms with E-state index in [2.05, 4.69) is 20.3 Å². The molecule has 0 saturated heterocycles. The molecule has 1 aromatic carbocycles. The molecular weight excluding hydrogens is 292 g/mol. The van der Waals surface area contributed by atoms with E-state index >= 15 is 0 Å². The fraction of sp³-hybridized carbons (Fsp3) is 0.188. The molecule has 0 saturated carbocycles. The topological polar surface area (TPSA) is 76.8 Å². The van der Waals surface area contributed by atoms with Gasteiger partial charge < -0.3 is 4.90 Å². The van der Waals surface area contributed by atoms with Gasteiger partial charge in [-0.05, 0) is 24.6 Å². The maximum absolute atomic E-state index is 12.6. The van der Waals surface area contributed by atoms with Crippen molar-refractivity contribution in [2.45, 2.75) is 13.5 Å². The number of benzene rings is 1. The number of rotatable bonds is 5. The molecule has 2 heterocycles. The fourth-order valence-corrected chi connectivity index (χ4v) is 2.18. The Bertz CT molecular complexity index is 755. The SMILES string of the molecule is CCN(Cc1ccccc1)C(=O)c1ccc(-n2cncn2)nn1. The van der Waals surface area contributed by atoms with E-state index in [9.17, 15) is 4.79 Å². The van der Waals surface area contributed by atoms with Crippen LogP contribution in [0.5, 0.6) is 0 Å². The summed E-state index contributed by atoms with van der Waals surface area (Å²) in [6.07, 6.45) is 2.94. The molecule has 0 aliphatic rings. The van der Waals surface area contributed by atoms with E-state index in [0.717, 1.165) is 5.56 Å². The van der Waals surface area contributed by atoms with Gasteiger partial charge in [-0.15, -0.1) is 10.2 Å². The van der Waals surface area contributed by atoms with Crippen molar-refractivity contribution in [3.63, 3.8) is 0 Å². The third-order valence-corrected chi connectivity index (χ3v) is 3.41. The Balaban J connectivity index is 1.75. The molecule has 7 nitrogen and oxygen atoms in total. The van der Waals surface area contributed by atoms with E-state index in [4.69, 9.17) is 0 Å². The van der Waals surface area contributed by atoms with Gasteiger partial charge in [0, 0.05) is 13.1 Å². The normalized spacial score (nSPS) is 10.5. The largest absolute Gasteiger partial charge is 0.333 e.